The van der Waals surface area contributed by atoms with Crippen LogP contribution in [0.25, 0.3) is 11.0 Å². The van der Waals surface area contributed by atoms with Gasteiger partial charge in [-0.15, -0.1) is 0 Å². The van der Waals surface area contributed by atoms with Crippen LogP contribution in [0.5, 0.6) is 0 Å². The van der Waals surface area contributed by atoms with Gasteiger partial charge >= 0.3 is 5.20 Å². The SMILES string of the molecule is Clc1ccc2cccnc2n1.O=P(Cl)(Cl)Cl. The van der Waals surface area contributed by atoms with E-state index < -0.39 is 5.20 Å². The summed E-state index contributed by atoms with van der Waals surface area (Å²) in [7, 11) is 0. The zero-order valence-corrected chi connectivity index (χ0v) is 11.6. The monoisotopic (exact) mass is 316 g/mol. The van der Waals surface area contributed by atoms with Gasteiger partial charge in [0.25, 0.3) is 0 Å². The quantitative estimate of drug-likeness (QED) is 0.502. The average Bonchev–Trinajstić information content (AvgIpc) is 2.15. The molecule has 0 aliphatic heterocycles. The van der Waals surface area contributed by atoms with Crippen molar-refractivity contribution in [2.24, 2.45) is 0 Å². The third kappa shape index (κ3) is 5.88. The molecule has 0 fully saturated rings. The molecule has 8 heteroatoms. The fourth-order valence-corrected chi connectivity index (χ4v) is 1.07. The molecule has 0 aliphatic rings. The maximum Gasteiger partial charge on any atom is 0.339 e. The molecule has 0 saturated heterocycles. The van der Waals surface area contributed by atoms with Crippen LogP contribution in [0.3, 0.4) is 0 Å². The van der Waals surface area contributed by atoms with Crippen LogP contribution in [0.4, 0.5) is 0 Å². The lowest BCUT2D eigenvalue weighted by molar-refractivity contribution is 0.600. The van der Waals surface area contributed by atoms with E-state index >= 15 is 0 Å². The summed E-state index contributed by atoms with van der Waals surface area (Å²) in [5.74, 6) is 0. The van der Waals surface area contributed by atoms with Crippen molar-refractivity contribution in [1.82, 2.24) is 9.97 Å². The minimum atomic E-state index is -3.22. The van der Waals surface area contributed by atoms with Crippen molar-refractivity contribution < 1.29 is 4.57 Å². The molecule has 2 rings (SSSR count). The molecular weight excluding hydrogens is 313 g/mol. The summed E-state index contributed by atoms with van der Waals surface area (Å²) in [6, 6.07) is 7.48. The molecule has 2 aromatic heterocycles. The molecule has 0 bridgehead atoms. The topological polar surface area (TPSA) is 42.9 Å². The first-order chi connectivity index (χ1) is 7.36. The van der Waals surface area contributed by atoms with Crippen molar-refractivity contribution in [2.45, 2.75) is 0 Å². The number of fused-ring (bicyclic) bond motifs is 1. The molecule has 0 N–H and O–H groups in total. The van der Waals surface area contributed by atoms with Crippen molar-refractivity contribution in [3.05, 3.63) is 35.6 Å². The lowest BCUT2D eigenvalue weighted by Gasteiger charge is -1.93. The van der Waals surface area contributed by atoms with Crippen LogP contribution in [-0.2, 0) is 4.57 Å². The summed E-state index contributed by atoms with van der Waals surface area (Å²) >= 11 is 19.5. The molecule has 0 aromatic carbocycles. The van der Waals surface area contributed by atoms with Crippen molar-refractivity contribution >= 4 is 61.6 Å². The highest BCUT2D eigenvalue weighted by atomic mass is 36.0. The van der Waals surface area contributed by atoms with Crippen molar-refractivity contribution in [3.63, 3.8) is 0 Å². The van der Waals surface area contributed by atoms with Gasteiger partial charge < -0.3 is 0 Å². The Bertz CT molecular complexity index is 522. The molecule has 16 heavy (non-hydrogen) atoms. The summed E-state index contributed by atoms with van der Waals surface area (Å²) in [5, 5.41) is -1.73. The van der Waals surface area contributed by atoms with Gasteiger partial charge in [0.2, 0.25) is 0 Å². The van der Waals surface area contributed by atoms with Gasteiger partial charge in [-0.1, -0.05) is 11.6 Å². The maximum absolute atomic E-state index is 9.51. The second kappa shape index (κ2) is 6.04. The number of rotatable bonds is 0. The number of pyridine rings is 2. The summed E-state index contributed by atoms with van der Waals surface area (Å²) in [4.78, 5) is 8.08. The highest BCUT2D eigenvalue weighted by Crippen LogP contribution is 2.61. The van der Waals surface area contributed by atoms with E-state index in [-0.39, 0.29) is 0 Å². The van der Waals surface area contributed by atoms with Crippen LogP contribution in [-0.4, -0.2) is 9.97 Å². The van der Waals surface area contributed by atoms with E-state index in [0.29, 0.717) is 10.8 Å². The Morgan fingerprint density at radius 3 is 2.38 bits per heavy atom. The van der Waals surface area contributed by atoms with Gasteiger partial charge in [-0.05, 0) is 58.0 Å². The highest BCUT2D eigenvalue weighted by Gasteiger charge is 2.03. The Hall–Kier alpha value is -0.0500. The molecule has 0 amide bonds. The van der Waals surface area contributed by atoms with Gasteiger partial charge in [0.05, 0.1) is 0 Å². The van der Waals surface area contributed by atoms with Crippen molar-refractivity contribution in [1.29, 1.82) is 0 Å². The molecule has 3 nitrogen and oxygen atoms in total. The molecule has 2 heterocycles. The van der Waals surface area contributed by atoms with Crippen LogP contribution >= 0.6 is 50.5 Å². The molecule has 86 valence electrons. The first-order valence-electron chi connectivity index (χ1n) is 3.92. The number of nitrogens with zero attached hydrogens (tertiary/aromatic N) is 2. The van der Waals surface area contributed by atoms with E-state index in [0.717, 1.165) is 5.39 Å². The highest BCUT2D eigenvalue weighted by molar-refractivity contribution is 8.24. The van der Waals surface area contributed by atoms with E-state index in [2.05, 4.69) is 43.7 Å². The lowest BCUT2D eigenvalue weighted by atomic mass is 10.3. The van der Waals surface area contributed by atoms with Gasteiger partial charge in [-0.2, -0.15) is 0 Å². The fraction of sp³-hybridized carbons (Fsp3) is 0. The first kappa shape index (κ1) is 14.0. The molecule has 0 spiro atoms. The predicted molar refractivity (Wildman–Crippen MR) is 69.7 cm³/mol. The van der Waals surface area contributed by atoms with Crippen LogP contribution in [0.2, 0.25) is 5.15 Å². The van der Waals surface area contributed by atoms with Gasteiger partial charge in [0.1, 0.15) is 5.15 Å². The van der Waals surface area contributed by atoms with E-state index in [1.807, 2.05) is 18.2 Å². The maximum atomic E-state index is 9.51. The van der Waals surface area contributed by atoms with E-state index in [9.17, 15) is 4.57 Å². The molecule has 2 aromatic rings. The third-order valence-corrected chi connectivity index (χ3v) is 1.64. The van der Waals surface area contributed by atoms with Crippen LogP contribution in [0.1, 0.15) is 0 Å². The fourth-order valence-electron chi connectivity index (χ4n) is 0.930. The number of halogens is 4. The van der Waals surface area contributed by atoms with Gasteiger partial charge in [-0.3, -0.25) is 4.57 Å². The van der Waals surface area contributed by atoms with Gasteiger partial charge in [0.15, 0.2) is 5.65 Å². The zero-order valence-electron chi connectivity index (χ0n) is 7.65. The average molecular weight is 318 g/mol. The van der Waals surface area contributed by atoms with Crippen molar-refractivity contribution in [2.75, 3.05) is 0 Å². The minimum absolute atomic E-state index is 0.483. The zero-order chi connectivity index (χ0) is 12.2. The first-order valence-corrected chi connectivity index (χ1v) is 8.72. The second-order valence-electron chi connectivity index (χ2n) is 2.58. The smallest absolute Gasteiger partial charge is 0.271 e. The van der Waals surface area contributed by atoms with Crippen LogP contribution in [0, 0.1) is 0 Å². The molecule has 0 radical (unpaired) electrons. The summed E-state index contributed by atoms with van der Waals surface area (Å²) < 4.78 is 9.51. The minimum Gasteiger partial charge on any atom is -0.271 e. The Morgan fingerprint density at radius 1 is 1.12 bits per heavy atom. The van der Waals surface area contributed by atoms with Crippen LogP contribution < -0.4 is 0 Å². The normalized spacial score (nSPS) is 10.8. The molecule has 0 unspecified atom stereocenters. The number of hydrogen-bond acceptors (Lipinski definition) is 3. The number of aromatic nitrogens is 2. The Labute approximate surface area is 111 Å². The second-order valence-corrected chi connectivity index (χ2v) is 9.61. The predicted octanol–water partition coefficient (Wildman–Crippen LogP) is 5.09. The summed E-state index contributed by atoms with van der Waals surface area (Å²) in [5.41, 5.74) is 0.694. The number of hydrogen-bond donors (Lipinski definition) is 0. The molecule has 0 aliphatic carbocycles. The lowest BCUT2D eigenvalue weighted by Crippen LogP contribution is -1.81. The Balaban J connectivity index is 0.000000221. The molecular formula is C8H5Cl4N2OP. The molecule has 0 saturated carbocycles. The third-order valence-electron chi connectivity index (χ3n) is 1.43. The molecule has 0 atom stereocenters. The summed E-state index contributed by atoms with van der Waals surface area (Å²) in [6.07, 6.45) is 1.70. The van der Waals surface area contributed by atoms with E-state index in [1.54, 1.807) is 12.3 Å². The Morgan fingerprint density at radius 2 is 1.75 bits per heavy atom. The van der Waals surface area contributed by atoms with E-state index in [1.165, 1.54) is 0 Å². The van der Waals surface area contributed by atoms with Crippen molar-refractivity contribution in [3.8, 4) is 0 Å². The van der Waals surface area contributed by atoms with Gasteiger partial charge in [-0.25, -0.2) is 9.97 Å². The largest absolute Gasteiger partial charge is 0.339 e. The van der Waals surface area contributed by atoms with Crippen LogP contribution in [0.15, 0.2) is 30.5 Å². The Kier molecular flexibility index (Phi) is 5.29. The van der Waals surface area contributed by atoms with Gasteiger partial charge in [0, 0.05) is 11.6 Å². The van der Waals surface area contributed by atoms with E-state index in [4.69, 9.17) is 11.6 Å². The summed E-state index contributed by atoms with van der Waals surface area (Å²) in [6.45, 7) is 0. The standard InChI is InChI=1S/C8H5ClN2.Cl3OP/c9-7-4-3-6-2-1-5-10-8(6)11-7;1-5(2,3)4/h1-5H;.